The van der Waals surface area contributed by atoms with Crippen LogP contribution in [0.4, 0.5) is 30.5 Å². The van der Waals surface area contributed by atoms with Gasteiger partial charge in [0.25, 0.3) is 0 Å². The van der Waals surface area contributed by atoms with Crippen LogP contribution in [-0.4, -0.2) is 52.3 Å². The highest BCUT2D eigenvalue weighted by atomic mass is 35.5. The Balaban J connectivity index is 1.89. The number of hydrogen-bond donors (Lipinski definition) is 2. The first-order chi connectivity index (χ1) is 20.9. The number of rotatable bonds is 8. The highest BCUT2D eigenvalue weighted by Gasteiger charge is 2.43. The number of anilines is 3. The molecule has 1 fully saturated rings. The van der Waals surface area contributed by atoms with E-state index in [-0.39, 0.29) is 60.3 Å². The average Bonchev–Trinajstić information content (AvgIpc) is 3.27. The van der Waals surface area contributed by atoms with Crippen LogP contribution in [0.25, 0.3) is 11.0 Å². The molecular weight excluding hydrogens is 630 g/mol. The summed E-state index contributed by atoms with van der Waals surface area (Å²) >= 11 is 13.8. The number of halogens is 5. The summed E-state index contributed by atoms with van der Waals surface area (Å²) in [5.74, 6) is 0.0581. The number of carboxylic acid groups (broad SMARTS) is 1. The summed E-state index contributed by atoms with van der Waals surface area (Å²) in [6.07, 6.45) is 1.37. The third kappa shape index (κ3) is 7.12. The molecule has 13 heteroatoms. The fourth-order valence-corrected chi connectivity index (χ4v) is 6.25. The van der Waals surface area contributed by atoms with Gasteiger partial charge in [-0.3, -0.25) is 4.79 Å². The number of carbonyl (C=O) groups excluding carboxylic acids is 1. The van der Waals surface area contributed by atoms with Crippen molar-refractivity contribution in [1.82, 2.24) is 14.9 Å². The highest BCUT2D eigenvalue weighted by molar-refractivity contribution is 6.40. The molecule has 0 saturated heterocycles. The summed E-state index contributed by atoms with van der Waals surface area (Å²) in [5.41, 5.74) is 1.58. The maximum Gasteiger partial charge on any atom is 0.391 e. The lowest BCUT2D eigenvalue weighted by atomic mass is 9.84. The van der Waals surface area contributed by atoms with Gasteiger partial charge in [0.05, 0.1) is 50.5 Å². The second kappa shape index (κ2) is 13.0. The first-order valence-electron chi connectivity index (χ1n) is 14.4. The summed E-state index contributed by atoms with van der Waals surface area (Å²) in [5, 5.41) is 13.3. The topological polar surface area (TPSA) is 90.7 Å². The summed E-state index contributed by atoms with van der Waals surface area (Å²) < 4.78 is 42.6. The van der Waals surface area contributed by atoms with Crippen LogP contribution >= 0.6 is 23.2 Å². The number of nitrogens with zero attached hydrogens (tertiary/aromatic N) is 4. The number of alkyl halides is 3. The van der Waals surface area contributed by atoms with Crippen LogP contribution in [0.3, 0.4) is 0 Å². The maximum atomic E-state index is 13.6. The predicted octanol–water partition coefficient (Wildman–Crippen LogP) is 7.57. The number of aromatic carboxylic acids is 1. The van der Waals surface area contributed by atoms with Gasteiger partial charge < -0.3 is 24.8 Å². The van der Waals surface area contributed by atoms with Crippen LogP contribution in [0.1, 0.15) is 62.4 Å². The molecule has 1 aliphatic rings. The van der Waals surface area contributed by atoms with E-state index in [0.717, 1.165) is 0 Å². The van der Waals surface area contributed by atoms with E-state index in [0.29, 0.717) is 33.9 Å². The molecule has 0 unspecified atom stereocenters. The van der Waals surface area contributed by atoms with Gasteiger partial charge in [-0.25, -0.2) is 9.78 Å². The standard InChI is InChI=1S/C32H36Cl2F3N5O3/c1-7-14-40(5)24-16-25-23(15-21(24)28(43)44)39-30(41(25)6)42(20-11-9-19(10-12-20)32(35,36)37)27-22(33)13-8-18(26(27)34)17-38-29(45)31(2,3)4/h1,8,13,15-16,19-20H,9-12,14,17H2,2-6H3,(H,38,45)(H,43,44). The summed E-state index contributed by atoms with van der Waals surface area (Å²) in [4.78, 5) is 33.0. The molecule has 1 heterocycles. The van der Waals surface area contributed by atoms with Gasteiger partial charge in [-0.05, 0) is 49.4 Å². The van der Waals surface area contributed by atoms with Gasteiger partial charge in [0.1, 0.15) is 0 Å². The zero-order chi connectivity index (χ0) is 33.4. The second-order valence-corrected chi connectivity index (χ2v) is 13.2. The van der Waals surface area contributed by atoms with Gasteiger partial charge in [-0.1, -0.05) is 56.0 Å². The summed E-state index contributed by atoms with van der Waals surface area (Å²) in [6, 6.07) is 5.98. The van der Waals surface area contributed by atoms with E-state index in [1.807, 2.05) is 0 Å². The van der Waals surface area contributed by atoms with E-state index in [4.69, 9.17) is 34.6 Å². The summed E-state index contributed by atoms with van der Waals surface area (Å²) in [6.45, 7) is 5.62. The van der Waals surface area contributed by atoms with E-state index >= 15 is 0 Å². The quantitative estimate of drug-likeness (QED) is 0.241. The Labute approximate surface area is 270 Å². The molecule has 2 N–H and O–H groups in total. The Bertz CT molecular complexity index is 1650. The molecule has 0 radical (unpaired) electrons. The van der Waals surface area contributed by atoms with Gasteiger partial charge in [-0.15, -0.1) is 6.42 Å². The number of benzene rings is 2. The minimum Gasteiger partial charge on any atom is -0.478 e. The number of fused-ring (bicyclic) bond motifs is 1. The molecule has 1 saturated carbocycles. The van der Waals surface area contributed by atoms with Crippen LogP contribution in [0, 0.1) is 23.7 Å². The van der Waals surface area contributed by atoms with Crippen molar-refractivity contribution in [2.75, 3.05) is 23.4 Å². The van der Waals surface area contributed by atoms with Gasteiger partial charge in [0.2, 0.25) is 11.9 Å². The number of amides is 1. The van der Waals surface area contributed by atoms with Crippen LogP contribution in [0.15, 0.2) is 24.3 Å². The monoisotopic (exact) mass is 665 g/mol. The van der Waals surface area contributed by atoms with Crippen molar-refractivity contribution in [2.24, 2.45) is 18.4 Å². The molecule has 242 valence electrons. The lowest BCUT2D eigenvalue weighted by molar-refractivity contribution is -0.182. The van der Waals surface area contributed by atoms with E-state index in [1.165, 1.54) is 6.07 Å². The molecule has 4 rings (SSSR count). The minimum atomic E-state index is -4.30. The van der Waals surface area contributed by atoms with Crippen molar-refractivity contribution < 1.29 is 27.9 Å². The number of aromatic nitrogens is 2. The van der Waals surface area contributed by atoms with E-state index in [2.05, 4.69) is 11.2 Å². The molecule has 1 aliphatic carbocycles. The van der Waals surface area contributed by atoms with Crippen molar-refractivity contribution in [3.63, 3.8) is 0 Å². The minimum absolute atomic E-state index is 0.00483. The largest absolute Gasteiger partial charge is 0.478 e. The molecule has 3 aromatic rings. The number of terminal acetylenes is 1. The number of nitrogens with one attached hydrogen (secondary N) is 1. The predicted molar refractivity (Wildman–Crippen MR) is 171 cm³/mol. The molecular formula is C32H36Cl2F3N5O3. The van der Waals surface area contributed by atoms with E-state index < -0.39 is 29.5 Å². The van der Waals surface area contributed by atoms with Crippen molar-refractivity contribution in [3.8, 4) is 12.3 Å². The van der Waals surface area contributed by atoms with Crippen LogP contribution < -0.4 is 15.1 Å². The van der Waals surface area contributed by atoms with Crippen molar-refractivity contribution in [3.05, 3.63) is 45.4 Å². The van der Waals surface area contributed by atoms with Gasteiger partial charge >= 0.3 is 12.1 Å². The number of carbonyl (C=O) groups is 2. The fraction of sp³-hybridized carbons (Fsp3) is 0.469. The maximum absolute atomic E-state index is 13.6. The average molecular weight is 667 g/mol. The first kappa shape index (κ1) is 34.3. The van der Waals surface area contributed by atoms with Gasteiger partial charge in [-0.2, -0.15) is 13.2 Å². The third-order valence-electron chi connectivity index (χ3n) is 8.19. The Hall–Kier alpha value is -3.62. The van der Waals surface area contributed by atoms with E-state index in [9.17, 15) is 27.9 Å². The smallest absolute Gasteiger partial charge is 0.391 e. The Morgan fingerprint density at radius 3 is 2.36 bits per heavy atom. The normalized spacial score (nSPS) is 17.2. The number of aryl methyl sites for hydroxylation is 1. The third-order valence-corrected chi connectivity index (χ3v) is 8.92. The first-order valence-corrected chi connectivity index (χ1v) is 15.2. The Morgan fingerprint density at radius 1 is 1.16 bits per heavy atom. The van der Waals surface area contributed by atoms with Crippen LogP contribution in [-0.2, 0) is 18.4 Å². The number of hydrogen-bond acceptors (Lipinski definition) is 5. The second-order valence-electron chi connectivity index (χ2n) is 12.4. The highest BCUT2D eigenvalue weighted by Crippen LogP contribution is 2.46. The zero-order valence-electron chi connectivity index (χ0n) is 25.7. The molecule has 45 heavy (non-hydrogen) atoms. The van der Waals surface area contributed by atoms with Gasteiger partial charge in [0.15, 0.2) is 0 Å². The summed E-state index contributed by atoms with van der Waals surface area (Å²) in [7, 11) is 3.42. The molecule has 0 bridgehead atoms. The molecule has 1 amide bonds. The lowest BCUT2D eigenvalue weighted by Gasteiger charge is -2.39. The Kier molecular flexibility index (Phi) is 9.90. The van der Waals surface area contributed by atoms with Crippen LogP contribution in [0.5, 0.6) is 0 Å². The molecule has 0 spiro atoms. The SMILES string of the molecule is C#CCN(C)c1cc2c(cc1C(=O)O)nc(N(c1c(Cl)ccc(CNC(=O)C(C)(C)C)c1Cl)C1CCC(C(F)(F)F)CC1)n2C. The fourth-order valence-electron chi connectivity index (χ4n) is 5.63. The molecule has 0 atom stereocenters. The molecule has 2 aromatic carbocycles. The van der Waals surface area contributed by atoms with Crippen LogP contribution in [0.2, 0.25) is 10.0 Å². The lowest BCUT2D eigenvalue weighted by Crippen LogP contribution is -2.39. The van der Waals surface area contributed by atoms with Crippen molar-refractivity contribution >= 4 is 63.4 Å². The zero-order valence-corrected chi connectivity index (χ0v) is 27.2. The number of imidazole rings is 1. The van der Waals surface area contributed by atoms with Gasteiger partial charge in [0, 0.05) is 32.1 Å². The molecule has 8 nitrogen and oxygen atoms in total. The number of carboxylic acids is 1. The van der Waals surface area contributed by atoms with Crippen molar-refractivity contribution in [2.45, 2.75) is 65.2 Å². The van der Waals surface area contributed by atoms with Crippen molar-refractivity contribution in [1.29, 1.82) is 0 Å². The molecule has 0 aliphatic heterocycles. The molecule has 1 aromatic heterocycles. The van der Waals surface area contributed by atoms with E-state index in [1.54, 1.807) is 67.4 Å². The Morgan fingerprint density at radius 2 is 1.80 bits per heavy atom.